The van der Waals surface area contributed by atoms with Crippen molar-refractivity contribution in [3.63, 3.8) is 0 Å². The van der Waals surface area contributed by atoms with E-state index in [9.17, 15) is 14.4 Å². The number of hydrogen-bond donors (Lipinski definition) is 1. The summed E-state index contributed by atoms with van der Waals surface area (Å²) in [6, 6.07) is 13.6. The number of fused-ring (bicyclic) bond motifs is 1. The predicted molar refractivity (Wildman–Crippen MR) is 116 cm³/mol. The monoisotopic (exact) mass is 407 g/mol. The van der Waals surface area contributed by atoms with Crippen molar-refractivity contribution in [1.29, 1.82) is 0 Å². The van der Waals surface area contributed by atoms with Crippen molar-refractivity contribution in [1.82, 2.24) is 15.1 Å². The fourth-order valence-electron chi connectivity index (χ4n) is 4.52. The van der Waals surface area contributed by atoms with Gasteiger partial charge in [-0.1, -0.05) is 36.4 Å². The topological polar surface area (TPSA) is 69.7 Å². The van der Waals surface area contributed by atoms with Gasteiger partial charge in [-0.05, 0) is 42.5 Å². The first-order valence-electron chi connectivity index (χ1n) is 11.0. The van der Waals surface area contributed by atoms with Gasteiger partial charge in [0.05, 0.1) is 5.92 Å². The summed E-state index contributed by atoms with van der Waals surface area (Å²) in [6.45, 7) is 3.12. The van der Waals surface area contributed by atoms with Gasteiger partial charge in [-0.2, -0.15) is 0 Å². The van der Waals surface area contributed by atoms with Crippen LogP contribution in [0.15, 0.2) is 42.5 Å². The Morgan fingerprint density at radius 1 is 0.900 bits per heavy atom. The van der Waals surface area contributed by atoms with E-state index < -0.39 is 0 Å². The third-order valence-electron chi connectivity index (χ3n) is 6.20. The Morgan fingerprint density at radius 2 is 1.63 bits per heavy atom. The molecule has 2 heterocycles. The van der Waals surface area contributed by atoms with E-state index in [0.717, 1.165) is 49.5 Å². The van der Waals surface area contributed by atoms with Crippen molar-refractivity contribution < 1.29 is 14.4 Å². The molecule has 3 amide bonds. The first kappa shape index (κ1) is 20.4. The van der Waals surface area contributed by atoms with Gasteiger partial charge < -0.3 is 15.1 Å². The Morgan fingerprint density at radius 3 is 2.47 bits per heavy atom. The zero-order valence-corrected chi connectivity index (χ0v) is 17.3. The molecule has 2 aliphatic heterocycles. The maximum Gasteiger partial charge on any atom is 0.254 e. The second-order valence-corrected chi connectivity index (χ2v) is 8.25. The minimum atomic E-state index is -0.223. The summed E-state index contributed by atoms with van der Waals surface area (Å²) in [5.41, 5.74) is 0.686. The molecule has 2 fully saturated rings. The van der Waals surface area contributed by atoms with Gasteiger partial charge in [0.15, 0.2) is 0 Å². The number of rotatable bonds is 5. The lowest BCUT2D eigenvalue weighted by molar-refractivity contribution is -0.130. The van der Waals surface area contributed by atoms with Gasteiger partial charge in [0.1, 0.15) is 0 Å². The molecular weight excluding hydrogens is 378 g/mol. The van der Waals surface area contributed by atoms with Crippen LogP contribution in [0, 0.1) is 5.92 Å². The molecule has 2 aliphatic rings. The highest BCUT2D eigenvalue weighted by molar-refractivity contribution is 6.07. The summed E-state index contributed by atoms with van der Waals surface area (Å²) in [5.74, 6) is -0.183. The van der Waals surface area contributed by atoms with Gasteiger partial charge in [0, 0.05) is 44.7 Å². The number of hydrogen-bond acceptors (Lipinski definition) is 3. The number of benzene rings is 2. The number of likely N-dealkylation sites (tertiary alicyclic amines) is 2. The molecule has 0 radical (unpaired) electrons. The minimum Gasteiger partial charge on any atom is -0.355 e. The summed E-state index contributed by atoms with van der Waals surface area (Å²) in [5, 5.41) is 4.89. The van der Waals surface area contributed by atoms with Gasteiger partial charge in [-0.25, -0.2) is 0 Å². The van der Waals surface area contributed by atoms with Gasteiger partial charge in [0.2, 0.25) is 11.8 Å². The zero-order chi connectivity index (χ0) is 20.9. The average molecular weight is 408 g/mol. The molecule has 2 saturated heterocycles. The molecule has 30 heavy (non-hydrogen) atoms. The van der Waals surface area contributed by atoms with Crippen LogP contribution in [-0.2, 0) is 9.59 Å². The quantitative estimate of drug-likeness (QED) is 0.829. The lowest BCUT2D eigenvalue weighted by atomic mass is 9.95. The highest BCUT2D eigenvalue weighted by Crippen LogP contribution is 2.23. The van der Waals surface area contributed by atoms with Crippen LogP contribution in [0.25, 0.3) is 10.8 Å². The van der Waals surface area contributed by atoms with Crippen molar-refractivity contribution in [3.8, 4) is 0 Å². The molecule has 1 atom stereocenters. The molecule has 0 spiro atoms. The van der Waals surface area contributed by atoms with Crippen molar-refractivity contribution in [2.45, 2.75) is 32.1 Å². The molecule has 0 aromatic heterocycles. The smallest absolute Gasteiger partial charge is 0.254 e. The Hall–Kier alpha value is -2.89. The van der Waals surface area contributed by atoms with E-state index in [1.165, 1.54) is 0 Å². The fraction of sp³-hybridized carbons (Fsp3) is 0.458. The van der Waals surface area contributed by atoms with E-state index in [-0.39, 0.29) is 23.6 Å². The molecule has 0 aliphatic carbocycles. The van der Waals surface area contributed by atoms with E-state index in [2.05, 4.69) is 5.32 Å². The zero-order valence-electron chi connectivity index (χ0n) is 17.3. The van der Waals surface area contributed by atoms with E-state index >= 15 is 0 Å². The number of nitrogens with zero attached hydrogens (tertiary/aromatic N) is 2. The first-order valence-corrected chi connectivity index (χ1v) is 11.0. The Labute approximate surface area is 177 Å². The van der Waals surface area contributed by atoms with Crippen molar-refractivity contribution in [2.75, 3.05) is 32.7 Å². The molecule has 4 rings (SSSR count). The highest BCUT2D eigenvalue weighted by atomic mass is 16.2. The van der Waals surface area contributed by atoms with Crippen LogP contribution in [0.3, 0.4) is 0 Å². The Balaban J connectivity index is 1.34. The van der Waals surface area contributed by atoms with Crippen molar-refractivity contribution in [3.05, 3.63) is 48.0 Å². The van der Waals surface area contributed by atoms with Gasteiger partial charge >= 0.3 is 0 Å². The van der Waals surface area contributed by atoms with Gasteiger partial charge in [-0.15, -0.1) is 0 Å². The van der Waals surface area contributed by atoms with Crippen LogP contribution in [0.1, 0.15) is 42.5 Å². The highest BCUT2D eigenvalue weighted by Gasteiger charge is 2.29. The summed E-state index contributed by atoms with van der Waals surface area (Å²) < 4.78 is 0. The second-order valence-electron chi connectivity index (χ2n) is 8.25. The van der Waals surface area contributed by atoms with Crippen LogP contribution in [0.2, 0.25) is 0 Å². The van der Waals surface area contributed by atoms with Crippen LogP contribution in [0.4, 0.5) is 0 Å². The van der Waals surface area contributed by atoms with E-state index in [0.29, 0.717) is 31.6 Å². The minimum absolute atomic E-state index is 0.0199. The molecule has 2 aromatic rings. The number of nitrogens with one attached hydrogen (secondary N) is 1. The van der Waals surface area contributed by atoms with Crippen molar-refractivity contribution in [2.24, 2.45) is 5.92 Å². The SMILES string of the molecule is O=C(NCCC(=O)N1CCCC1)C1CCCN(C(=O)c2cccc3ccccc23)C1. The van der Waals surface area contributed by atoms with E-state index in [1.807, 2.05) is 47.4 Å². The normalized spacial score (nSPS) is 19.1. The fourth-order valence-corrected chi connectivity index (χ4v) is 4.52. The summed E-state index contributed by atoms with van der Waals surface area (Å²) >= 11 is 0. The van der Waals surface area contributed by atoms with Crippen LogP contribution in [0.5, 0.6) is 0 Å². The molecule has 0 saturated carbocycles. The molecule has 6 heteroatoms. The lowest BCUT2D eigenvalue weighted by Crippen LogP contribution is -2.46. The first-order chi connectivity index (χ1) is 14.6. The third kappa shape index (κ3) is 4.48. The van der Waals surface area contributed by atoms with Gasteiger partial charge in [0.25, 0.3) is 5.91 Å². The molecule has 1 N–H and O–H groups in total. The summed E-state index contributed by atoms with van der Waals surface area (Å²) in [6.07, 6.45) is 4.06. The predicted octanol–water partition coefficient (Wildman–Crippen LogP) is 2.82. The third-order valence-corrected chi connectivity index (χ3v) is 6.20. The standard InChI is InChI=1S/C24H29N3O3/c28-22(26-14-3-4-15-26)12-13-25-23(29)19-9-6-16-27(17-19)24(30)21-11-5-8-18-7-1-2-10-20(18)21/h1-2,5,7-8,10-11,19H,3-4,6,9,12-17H2,(H,25,29). The molecule has 1 unspecified atom stereocenters. The van der Waals surface area contributed by atoms with E-state index in [4.69, 9.17) is 0 Å². The molecule has 0 bridgehead atoms. The van der Waals surface area contributed by atoms with Gasteiger partial charge in [-0.3, -0.25) is 14.4 Å². The summed E-state index contributed by atoms with van der Waals surface area (Å²) in [7, 11) is 0. The van der Waals surface area contributed by atoms with Crippen molar-refractivity contribution >= 4 is 28.5 Å². The molecule has 6 nitrogen and oxygen atoms in total. The number of carbonyl (C=O) groups is 3. The average Bonchev–Trinajstić information content (AvgIpc) is 3.33. The lowest BCUT2D eigenvalue weighted by Gasteiger charge is -2.32. The maximum atomic E-state index is 13.2. The Bertz CT molecular complexity index is 931. The molecular formula is C24H29N3O3. The second kappa shape index (κ2) is 9.28. The van der Waals surface area contributed by atoms with Crippen LogP contribution < -0.4 is 5.32 Å². The molecule has 158 valence electrons. The Kier molecular flexibility index (Phi) is 6.31. The number of carbonyl (C=O) groups excluding carboxylic acids is 3. The number of amides is 3. The maximum absolute atomic E-state index is 13.2. The van der Waals surface area contributed by atoms with Crippen LogP contribution in [-0.4, -0.2) is 60.2 Å². The number of piperidine rings is 1. The molecule has 2 aromatic carbocycles. The van der Waals surface area contributed by atoms with E-state index in [1.54, 1.807) is 4.90 Å². The largest absolute Gasteiger partial charge is 0.355 e. The summed E-state index contributed by atoms with van der Waals surface area (Å²) in [4.78, 5) is 41.6. The van der Waals surface area contributed by atoms with Crippen LogP contribution >= 0.6 is 0 Å².